The van der Waals surface area contributed by atoms with Crippen molar-refractivity contribution in [3.05, 3.63) is 89.7 Å². The van der Waals surface area contributed by atoms with Gasteiger partial charge in [-0.3, -0.25) is 9.78 Å². The Balaban J connectivity index is 1.33. The molecule has 0 radical (unpaired) electrons. The highest BCUT2D eigenvalue weighted by Crippen LogP contribution is 2.49. The number of aromatic nitrogens is 1. The second-order valence-corrected chi connectivity index (χ2v) is 12.2. The number of hydrogen-bond donors (Lipinski definition) is 1. The fraction of sp³-hybridized carbons (Fsp3) is 0.424. The average molecular weight is 542 g/mol. The number of rotatable bonds is 8. The van der Waals surface area contributed by atoms with Crippen LogP contribution in [0.5, 0.6) is 0 Å². The van der Waals surface area contributed by atoms with Crippen molar-refractivity contribution in [3.8, 4) is 11.1 Å². The molecule has 2 amide bonds. The zero-order chi connectivity index (χ0) is 28.7. The highest BCUT2D eigenvalue weighted by Gasteiger charge is 2.53. The molecule has 1 aliphatic heterocycles. The number of hydrogen-bond acceptors (Lipinski definition) is 5. The summed E-state index contributed by atoms with van der Waals surface area (Å²) in [6.45, 7) is 6.02. The number of pyridine rings is 1. The van der Waals surface area contributed by atoms with Crippen LogP contribution in [0.15, 0.2) is 72.9 Å². The molecule has 0 bridgehead atoms. The molecule has 1 saturated heterocycles. The number of benzene rings is 2. The van der Waals surface area contributed by atoms with Crippen molar-refractivity contribution in [2.24, 2.45) is 0 Å². The standard InChI is InChI=1S/C33H39N3O4/c1-23(36-20-18-33(40-30(36)38,22-31(2,3)39)27-9-7-6-8-10-27)24-11-13-25(14-12-24)26-15-19-34-28(21-26)32(16-17-32)29(37)35(4)5/h6-15,19,21,23,39H,16-18,20,22H2,1-5H3. The molecule has 1 saturated carbocycles. The summed E-state index contributed by atoms with van der Waals surface area (Å²) in [7, 11) is 3.58. The van der Waals surface area contributed by atoms with Gasteiger partial charge in [0.15, 0.2) is 0 Å². The zero-order valence-electron chi connectivity index (χ0n) is 24.1. The molecule has 3 aromatic rings. The molecule has 2 aromatic carbocycles. The summed E-state index contributed by atoms with van der Waals surface area (Å²) in [4.78, 5) is 34.2. The van der Waals surface area contributed by atoms with E-state index in [4.69, 9.17) is 4.74 Å². The number of cyclic esters (lactones) is 1. The maximum absolute atomic E-state index is 13.4. The predicted octanol–water partition coefficient (Wildman–Crippen LogP) is 5.83. The normalized spacial score (nSPS) is 20.9. The predicted molar refractivity (Wildman–Crippen MR) is 155 cm³/mol. The van der Waals surface area contributed by atoms with E-state index in [1.54, 1.807) is 43.9 Å². The first kappa shape index (κ1) is 27.8. The van der Waals surface area contributed by atoms with Crippen molar-refractivity contribution in [1.29, 1.82) is 0 Å². The van der Waals surface area contributed by atoms with Crippen molar-refractivity contribution in [2.45, 2.75) is 69.1 Å². The van der Waals surface area contributed by atoms with Gasteiger partial charge in [-0.05, 0) is 68.0 Å². The molecule has 0 spiro atoms. The van der Waals surface area contributed by atoms with Crippen molar-refractivity contribution >= 4 is 12.0 Å². The van der Waals surface area contributed by atoms with E-state index in [0.29, 0.717) is 19.4 Å². The van der Waals surface area contributed by atoms with Gasteiger partial charge >= 0.3 is 6.09 Å². The van der Waals surface area contributed by atoms with E-state index in [2.05, 4.69) is 17.1 Å². The number of likely N-dealkylation sites (N-methyl/N-ethyl adjacent to an activating group) is 1. The van der Waals surface area contributed by atoms with Crippen LogP contribution < -0.4 is 0 Å². The van der Waals surface area contributed by atoms with Gasteiger partial charge in [-0.2, -0.15) is 0 Å². The molecule has 210 valence electrons. The molecule has 7 nitrogen and oxygen atoms in total. The lowest BCUT2D eigenvalue weighted by atomic mass is 9.80. The Morgan fingerprint density at radius 2 is 1.73 bits per heavy atom. The molecule has 1 aliphatic carbocycles. The number of aliphatic hydroxyl groups is 1. The zero-order valence-corrected chi connectivity index (χ0v) is 24.1. The van der Waals surface area contributed by atoms with Crippen molar-refractivity contribution in [1.82, 2.24) is 14.8 Å². The second-order valence-electron chi connectivity index (χ2n) is 12.2. The first-order valence-corrected chi connectivity index (χ1v) is 14.0. The van der Waals surface area contributed by atoms with Crippen LogP contribution in [0.1, 0.15) is 69.3 Å². The maximum atomic E-state index is 13.4. The first-order valence-electron chi connectivity index (χ1n) is 14.0. The summed E-state index contributed by atoms with van der Waals surface area (Å²) >= 11 is 0. The first-order chi connectivity index (χ1) is 18.9. The van der Waals surface area contributed by atoms with Gasteiger partial charge in [0.2, 0.25) is 5.91 Å². The van der Waals surface area contributed by atoms with Gasteiger partial charge in [0.1, 0.15) is 5.60 Å². The van der Waals surface area contributed by atoms with Crippen LogP contribution in [0.4, 0.5) is 4.79 Å². The van der Waals surface area contributed by atoms with Gasteiger partial charge < -0.3 is 19.6 Å². The van der Waals surface area contributed by atoms with E-state index in [-0.39, 0.29) is 18.0 Å². The van der Waals surface area contributed by atoms with Crippen molar-refractivity contribution in [2.75, 3.05) is 20.6 Å². The largest absolute Gasteiger partial charge is 0.438 e. The molecule has 1 N–H and O–H groups in total. The monoisotopic (exact) mass is 541 g/mol. The topological polar surface area (TPSA) is 83.0 Å². The minimum Gasteiger partial charge on any atom is -0.438 e. The number of nitrogens with zero attached hydrogens (tertiary/aromatic N) is 3. The Hall–Kier alpha value is -3.71. The number of amides is 2. The van der Waals surface area contributed by atoms with Gasteiger partial charge in [-0.15, -0.1) is 0 Å². The molecule has 2 aliphatic rings. The number of carbonyl (C=O) groups excluding carboxylic acids is 2. The molecule has 7 heteroatoms. The Bertz CT molecular complexity index is 1380. The Labute approximate surface area is 236 Å². The third-order valence-corrected chi connectivity index (χ3v) is 8.30. The SMILES string of the molecule is CC(c1ccc(-c2ccnc(C3(C(=O)N(C)C)CC3)c2)cc1)N1CCC(CC(C)(C)O)(c2ccccc2)OC1=O. The van der Waals surface area contributed by atoms with E-state index in [1.165, 1.54) is 0 Å². The fourth-order valence-electron chi connectivity index (χ4n) is 6.03. The summed E-state index contributed by atoms with van der Waals surface area (Å²) in [6, 6.07) is 21.7. The lowest BCUT2D eigenvalue weighted by Gasteiger charge is -2.45. The van der Waals surface area contributed by atoms with E-state index in [1.807, 2.05) is 61.5 Å². The summed E-state index contributed by atoms with van der Waals surface area (Å²) in [5, 5.41) is 10.6. The highest BCUT2D eigenvalue weighted by atomic mass is 16.6. The summed E-state index contributed by atoms with van der Waals surface area (Å²) in [6.07, 6.45) is 3.95. The lowest BCUT2D eigenvalue weighted by Crippen LogP contribution is -2.51. The van der Waals surface area contributed by atoms with Crippen LogP contribution in [0, 0.1) is 0 Å². The van der Waals surface area contributed by atoms with Crippen molar-refractivity contribution in [3.63, 3.8) is 0 Å². The minimum absolute atomic E-state index is 0.105. The number of ether oxygens (including phenoxy) is 1. The minimum atomic E-state index is -0.995. The second kappa shape index (κ2) is 10.4. The van der Waals surface area contributed by atoms with Crippen LogP contribution >= 0.6 is 0 Å². The van der Waals surface area contributed by atoms with E-state index in [9.17, 15) is 14.7 Å². The molecule has 1 aromatic heterocycles. The molecular weight excluding hydrogens is 502 g/mol. The Morgan fingerprint density at radius 1 is 1.05 bits per heavy atom. The average Bonchev–Trinajstić information content (AvgIpc) is 3.74. The Kier molecular flexibility index (Phi) is 7.21. The lowest BCUT2D eigenvalue weighted by molar-refractivity contribution is -0.131. The summed E-state index contributed by atoms with van der Waals surface area (Å²) < 4.78 is 6.16. The maximum Gasteiger partial charge on any atom is 0.411 e. The van der Waals surface area contributed by atoms with Crippen LogP contribution in [-0.2, 0) is 20.5 Å². The summed E-state index contributed by atoms with van der Waals surface area (Å²) in [5.41, 5.74) is 2.41. The molecular formula is C33H39N3O4. The van der Waals surface area contributed by atoms with Gasteiger partial charge in [0.25, 0.3) is 0 Å². The number of carbonyl (C=O) groups is 2. The molecule has 40 heavy (non-hydrogen) atoms. The molecule has 2 heterocycles. The molecule has 2 atom stereocenters. The van der Waals surface area contributed by atoms with E-state index < -0.39 is 16.6 Å². The van der Waals surface area contributed by atoms with E-state index in [0.717, 1.165) is 40.8 Å². The summed E-state index contributed by atoms with van der Waals surface area (Å²) in [5.74, 6) is 0.105. The third-order valence-electron chi connectivity index (χ3n) is 8.30. The van der Waals surface area contributed by atoms with Crippen LogP contribution in [0.3, 0.4) is 0 Å². The van der Waals surface area contributed by atoms with Crippen molar-refractivity contribution < 1.29 is 19.4 Å². The van der Waals surface area contributed by atoms with Crippen LogP contribution in [0.25, 0.3) is 11.1 Å². The van der Waals surface area contributed by atoms with Gasteiger partial charge in [0.05, 0.1) is 22.8 Å². The molecule has 2 unspecified atom stereocenters. The van der Waals surface area contributed by atoms with E-state index >= 15 is 0 Å². The quantitative estimate of drug-likeness (QED) is 0.388. The van der Waals surface area contributed by atoms with Gasteiger partial charge in [0, 0.05) is 39.7 Å². The molecule has 5 rings (SSSR count). The highest BCUT2D eigenvalue weighted by molar-refractivity contribution is 5.90. The molecule has 2 fully saturated rings. The fourth-order valence-corrected chi connectivity index (χ4v) is 6.03. The van der Waals surface area contributed by atoms with Crippen LogP contribution in [0.2, 0.25) is 0 Å². The third kappa shape index (κ3) is 5.35. The Morgan fingerprint density at radius 3 is 2.30 bits per heavy atom. The van der Waals surface area contributed by atoms with Gasteiger partial charge in [-0.25, -0.2) is 4.79 Å². The smallest absolute Gasteiger partial charge is 0.411 e. The van der Waals surface area contributed by atoms with Crippen LogP contribution in [-0.4, -0.2) is 58.1 Å². The van der Waals surface area contributed by atoms with Gasteiger partial charge in [-0.1, -0.05) is 54.6 Å².